The summed E-state index contributed by atoms with van der Waals surface area (Å²) in [4.78, 5) is 20.4. The molecule has 2 aromatic rings. The van der Waals surface area contributed by atoms with Gasteiger partial charge in [0.25, 0.3) is 0 Å². The SMILES string of the molecule is CN1C(=O)[C@@]2([NH+]=C(N)NC(Nc3cccc(C(F)(F)F)c3)=[NH+]2)c2ccccc21. The van der Waals surface area contributed by atoms with Crippen molar-refractivity contribution in [3.8, 4) is 0 Å². The number of benzene rings is 2. The lowest BCUT2D eigenvalue weighted by molar-refractivity contribution is -0.789. The summed E-state index contributed by atoms with van der Waals surface area (Å²) < 4.78 is 38.9. The van der Waals surface area contributed by atoms with Crippen molar-refractivity contribution < 1.29 is 28.0 Å². The molecular weight excluding hydrogens is 373 g/mol. The second-order valence-electron chi connectivity index (χ2n) is 6.50. The standard InChI is InChI=1S/C18H15F3N6O/c1-27-13-8-3-2-7-12(13)17(14(27)28)25-15(22)24-16(26-17)23-11-6-4-5-10(9-11)18(19,20)21/h2-9H,1H3,(H4,22,23,24,25,26)/p+2/t17-/m1/s1. The molecule has 2 aliphatic rings. The third-order valence-electron chi connectivity index (χ3n) is 4.65. The van der Waals surface area contributed by atoms with E-state index in [1.807, 2.05) is 0 Å². The van der Waals surface area contributed by atoms with Crippen LogP contribution in [0.5, 0.6) is 0 Å². The highest BCUT2D eigenvalue weighted by Crippen LogP contribution is 2.33. The van der Waals surface area contributed by atoms with Crippen molar-refractivity contribution in [2.24, 2.45) is 5.73 Å². The van der Waals surface area contributed by atoms with Gasteiger partial charge in [-0.3, -0.25) is 10.5 Å². The van der Waals surface area contributed by atoms with Gasteiger partial charge in [-0.15, -0.1) is 0 Å². The number of carbonyl (C=O) groups is 1. The number of amides is 1. The summed E-state index contributed by atoms with van der Waals surface area (Å²) in [5.74, 6) is -0.0535. The topological polar surface area (TPSA) is 98.3 Å². The van der Waals surface area contributed by atoms with Gasteiger partial charge in [-0.25, -0.2) is 15.3 Å². The Bertz CT molecular complexity index is 1030. The summed E-state index contributed by atoms with van der Waals surface area (Å²) >= 11 is 0. The Labute approximate surface area is 157 Å². The number of guanidine groups is 2. The first-order chi connectivity index (χ1) is 13.2. The fourth-order valence-electron chi connectivity index (χ4n) is 3.40. The van der Waals surface area contributed by atoms with Crippen LogP contribution in [0.2, 0.25) is 0 Å². The predicted octanol–water partition coefficient (Wildman–Crippen LogP) is -1.62. The van der Waals surface area contributed by atoms with Crippen LogP contribution >= 0.6 is 0 Å². The molecule has 0 radical (unpaired) electrons. The molecule has 2 aromatic carbocycles. The van der Waals surface area contributed by atoms with Crippen molar-refractivity contribution in [3.63, 3.8) is 0 Å². The zero-order valence-corrected chi connectivity index (χ0v) is 14.7. The van der Waals surface area contributed by atoms with Crippen molar-refractivity contribution >= 4 is 29.2 Å². The maximum atomic E-state index is 13.0. The molecule has 1 atom stereocenters. The van der Waals surface area contributed by atoms with Crippen molar-refractivity contribution in [1.82, 2.24) is 5.32 Å². The van der Waals surface area contributed by atoms with Crippen molar-refractivity contribution in [3.05, 3.63) is 59.7 Å². The highest BCUT2D eigenvalue weighted by molar-refractivity contribution is 6.07. The van der Waals surface area contributed by atoms with Gasteiger partial charge >= 0.3 is 29.7 Å². The van der Waals surface area contributed by atoms with E-state index in [0.29, 0.717) is 11.3 Å². The van der Waals surface area contributed by atoms with Crippen LogP contribution in [-0.2, 0) is 16.6 Å². The molecule has 144 valence electrons. The molecule has 0 fully saturated rings. The fourth-order valence-corrected chi connectivity index (χ4v) is 3.40. The van der Waals surface area contributed by atoms with Gasteiger partial charge in [-0.05, 0) is 30.3 Å². The molecule has 4 rings (SSSR count). The summed E-state index contributed by atoms with van der Waals surface area (Å²) in [6, 6.07) is 11.9. The lowest BCUT2D eigenvalue weighted by atomic mass is 10.0. The van der Waals surface area contributed by atoms with Gasteiger partial charge in [-0.1, -0.05) is 18.2 Å². The lowest BCUT2D eigenvalue weighted by Gasteiger charge is -2.22. The molecule has 6 N–H and O–H groups in total. The smallest absolute Gasteiger partial charge is 0.308 e. The Morgan fingerprint density at radius 3 is 2.64 bits per heavy atom. The van der Waals surface area contributed by atoms with E-state index in [-0.39, 0.29) is 23.5 Å². The molecule has 0 aromatic heterocycles. The number of para-hydroxylation sites is 1. The number of fused-ring (bicyclic) bond motifs is 2. The van der Waals surface area contributed by atoms with E-state index in [1.165, 1.54) is 17.0 Å². The number of nitrogens with one attached hydrogen (secondary N) is 4. The number of alkyl halides is 3. The molecule has 28 heavy (non-hydrogen) atoms. The highest BCUT2D eigenvalue weighted by atomic mass is 19.4. The average Bonchev–Trinajstić information content (AvgIpc) is 2.83. The molecule has 0 saturated carbocycles. The molecule has 0 bridgehead atoms. The number of hydrogen-bond acceptors (Lipinski definition) is 4. The maximum Gasteiger partial charge on any atom is 0.416 e. The van der Waals surface area contributed by atoms with E-state index >= 15 is 0 Å². The van der Waals surface area contributed by atoms with Crippen LogP contribution in [0.15, 0.2) is 48.5 Å². The van der Waals surface area contributed by atoms with Crippen molar-refractivity contribution in [1.29, 1.82) is 0 Å². The Morgan fingerprint density at radius 2 is 1.89 bits per heavy atom. The number of nitrogens with zero attached hydrogens (tertiary/aromatic N) is 1. The summed E-state index contributed by atoms with van der Waals surface area (Å²) in [7, 11) is 1.64. The van der Waals surface area contributed by atoms with Crippen LogP contribution in [0.4, 0.5) is 24.5 Å². The third kappa shape index (κ3) is 2.73. The average molecular weight is 390 g/mol. The Kier molecular flexibility index (Phi) is 3.81. The Hall–Kier alpha value is -3.56. The van der Waals surface area contributed by atoms with Gasteiger partial charge in [0.2, 0.25) is 0 Å². The number of hydrogen-bond donors (Lipinski definition) is 5. The van der Waals surface area contributed by atoms with Crippen LogP contribution in [0, 0.1) is 0 Å². The predicted molar refractivity (Wildman–Crippen MR) is 95.9 cm³/mol. The summed E-state index contributed by atoms with van der Waals surface area (Å²) in [6.07, 6.45) is -4.47. The molecule has 10 heteroatoms. The van der Waals surface area contributed by atoms with Gasteiger partial charge < -0.3 is 4.90 Å². The molecule has 0 saturated heterocycles. The number of rotatable bonds is 1. The van der Waals surface area contributed by atoms with Crippen LogP contribution < -0.4 is 31.3 Å². The minimum absolute atomic E-state index is 0.0756. The van der Waals surface area contributed by atoms with Crippen molar-refractivity contribution in [2.45, 2.75) is 11.8 Å². The first kappa shape index (κ1) is 17.8. The minimum atomic E-state index is -4.47. The zero-order valence-electron chi connectivity index (χ0n) is 14.7. The first-order valence-electron chi connectivity index (χ1n) is 8.35. The van der Waals surface area contributed by atoms with Gasteiger partial charge in [0.05, 0.1) is 22.5 Å². The van der Waals surface area contributed by atoms with Crippen molar-refractivity contribution in [2.75, 3.05) is 17.3 Å². The lowest BCUT2D eigenvalue weighted by Crippen LogP contribution is -3.14. The number of likely N-dealkylation sites (N-methyl/N-ethyl adjacent to an activating group) is 1. The molecule has 7 nitrogen and oxygen atoms in total. The van der Waals surface area contributed by atoms with E-state index in [9.17, 15) is 18.0 Å². The Morgan fingerprint density at radius 1 is 1.14 bits per heavy atom. The largest absolute Gasteiger partial charge is 0.416 e. The third-order valence-corrected chi connectivity index (χ3v) is 4.65. The van der Waals surface area contributed by atoms with Crippen LogP contribution in [-0.4, -0.2) is 24.9 Å². The number of carbonyl (C=O) groups excluding carboxylic acids is 1. The van der Waals surface area contributed by atoms with Gasteiger partial charge in [0, 0.05) is 7.05 Å². The van der Waals surface area contributed by atoms with Gasteiger partial charge in [-0.2, -0.15) is 18.5 Å². The molecule has 2 aliphatic heterocycles. The van der Waals surface area contributed by atoms with E-state index in [0.717, 1.165) is 12.1 Å². The minimum Gasteiger partial charge on any atom is -0.308 e. The summed E-state index contributed by atoms with van der Waals surface area (Å²) in [5.41, 5.74) is 5.30. The molecule has 1 amide bonds. The first-order valence-corrected chi connectivity index (χ1v) is 8.35. The second-order valence-corrected chi connectivity index (χ2v) is 6.50. The monoisotopic (exact) mass is 390 g/mol. The molecule has 0 aliphatic carbocycles. The van der Waals surface area contributed by atoms with E-state index in [1.54, 1.807) is 31.3 Å². The Balaban J connectivity index is 1.75. The normalized spacial score (nSPS) is 21.1. The molecule has 0 unspecified atom stereocenters. The van der Waals surface area contributed by atoms with Gasteiger partial charge in [0.1, 0.15) is 0 Å². The number of halogens is 3. The van der Waals surface area contributed by atoms with Crippen LogP contribution in [0.25, 0.3) is 0 Å². The van der Waals surface area contributed by atoms with E-state index in [2.05, 4.69) is 20.6 Å². The summed E-state index contributed by atoms with van der Waals surface area (Å²) in [5, 5.41) is 5.59. The number of anilines is 2. The van der Waals surface area contributed by atoms with Crippen LogP contribution in [0.1, 0.15) is 11.1 Å². The number of nitrogens with two attached hydrogens (primary N) is 1. The van der Waals surface area contributed by atoms with E-state index in [4.69, 9.17) is 5.73 Å². The quantitative estimate of drug-likeness (QED) is 0.404. The van der Waals surface area contributed by atoms with Gasteiger partial charge in [0.15, 0.2) is 0 Å². The highest BCUT2D eigenvalue weighted by Gasteiger charge is 2.55. The molecule has 1 spiro atoms. The zero-order chi connectivity index (χ0) is 20.1. The molecule has 2 heterocycles. The maximum absolute atomic E-state index is 13.0. The van der Waals surface area contributed by atoms with Crippen LogP contribution in [0.3, 0.4) is 0 Å². The van der Waals surface area contributed by atoms with E-state index < -0.39 is 17.4 Å². The summed E-state index contributed by atoms with van der Waals surface area (Å²) in [6.45, 7) is 0. The fraction of sp³-hybridized carbons (Fsp3) is 0.167. The molecular formula is C18H17F3N6O+2. The second kappa shape index (κ2) is 5.98.